The van der Waals surface area contributed by atoms with Crippen molar-refractivity contribution >= 4 is 23.6 Å². The van der Waals surface area contributed by atoms with Crippen LogP contribution in [0.4, 0.5) is 0 Å². The summed E-state index contributed by atoms with van der Waals surface area (Å²) in [6.07, 6.45) is 2.79. The summed E-state index contributed by atoms with van der Waals surface area (Å²) in [5.74, 6) is -2.07. The first-order chi connectivity index (χ1) is 17.2. The van der Waals surface area contributed by atoms with E-state index in [-0.39, 0.29) is 53.7 Å². The quantitative estimate of drug-likeness (QED) is 0.540. The lowest BCUT2D eigenvalue weighted by atomic mass is 9.44. The van der Waals surface area contributed by atoms with Gasteiger partial charge in [-0.1, -0.05) is 27.7 Å². The number of hydrogen-bond acceptors (Lipinski definition) is 6. The fourth-order valence-corrected chi connectivity index (χ4v) is 8.03. The maximum atomic E-state index is 13.3. The number of nitrogens with zero attached hydrogens (tertiary/aromatic N) is 1. The Morgan fingerprint density at radius 3 is 2.51 bits per heavy atom. The molecule has 1 amide bonds. The molecule has 1 spiro atoms. The van der Waals surface area contributed by atoms with E-state index in [0.29, 0.717) is 36.1 Å². The number of carboxylic acids is 2. The molecule has 2 saturated carbocycles. The van der Waals surface area contributed by atoms with Gasteiger partial charge in [0, 0.05) is 41.2 Å². The molecule has 9 nitrogen and oxygen atoms in total. The number of aromatic hydroxyl groups is 1. The molecule has 5 rings (SSSR count). The number of phenols is 1. The molecular weight excluding hydrogens is 478 g/mol. The van der Waals surface area contributed by atoms with Crippen LogP contribution in [0.5, 0.6) is 11.5 Å². The summed E-state index contributed by atoms with van der Waals surface area (Å²) in [6.45, 7) is 8.38. The number of ketones is 1. The lowest BCUT2D eigenvalue weighted by Crippen LogP contribution is -2.66. The zero-order valence-corrected chi connectivity index (χ0v) is 21.8. The van der Waals surface area contributed by atoms with Gasteiger partial charge in [-0.2, -0.15) is 0 Å². The molecule has 2 aliphatic carbocycles. The standard InChI is InChI=1S/C28H35NO8/c1-14-5-7-20-26(2,3)21(31)9-10-27(20,4)28(14)12-16-19(30)11-15-17(23(16)37-28)13-29(24(15)34)18(25(35)36)6-8-22(32)33/h11,14,18,20,30H,5-10,12-13H2,1-4H3,(H,32,33)(H,35,36)/t14-,18-,20-,27-,28-/m0/s1. The van der Waals surface area contributed by atoms with Crippen molar-refractivity contribution in [3.63, 3.8) is 0 Å². The van der Waals surface area contributed by atoms with Gasteiger partial charge in [0.15, 0.2) is 0 Å². The molecule has 0 aromatic heterocycles. The normalized spacial score (nSPS) is 32.5. The summed E-state index contributed by atoms with van der Waals surface area (Å²) < 4.78 is 6.92. The molecule has 0 saturated heterocycles. The monoisotopic (exact) mass is 513 g/mol. The van der Waals surface area contributed by atoms with Gasteiger partial charge in [-0.15, -0.1) is 0 Å². The van der Waals surface area contributed by atoms with Crippen molar-refractivity contribution in [3.05, 3.63) is 22.8 Å². The highest BCUT2D eigenvalue weighted by molar-refractivity contribution is 6.02. The second kappa shape index (κ2) is 8.20. The smallest absolute Gasteiger partial charge is 0.326 e. The summed E-state index contributed by atoms with van der Waals surface area (Å²) in [7, 11) is 0. The number of rotatable bonds is 5. The lowest BCUT2D eigenvalue weighted by molar-refractivity contribution is -0.188. The van der Waals surface area contributed by atoms with E-state index in [0.717, 1.165) is 12.8 Å². The Labute approximate surface area is 215 Å². The average molecular weight is 514 g/mol. The van der Waals surface area contributed by atoms with E-state index < -0.39 is 34.9 Å². The SMILES string of the molecule is C[C@H]1CC[C@H]2C(C)(C)C(=O)CC[C@]2(C)[C@]12Cc1c(O)cc3c(c1O2)CN([C@@H](CCC(=O)O)C(=O)O)C3=O. The molecule has 2 fully saturated rings. The fourth-order valence-electron chi connectivity index (χ4n) is 8.03. The van der Waals surface area contributed by atoms with E-state index in [1.807, 2.05) is 13.8 Å². The Balaban J connectivity index is 1.55. The van der Waals surface area contributed by atoms with E-state index in [9.17, 15) is 29.4 Å². The number of benzene rings is 1. The van der Waals surface area contributed by atoms with Gasteiger partial charge in [0.25, 0.3) is 5.91 Å². The third-order valence-electron chi connectivity index (χ3n) is 10.2. The second-order valence-corrected chi connectivity index (χ2v) is 12.2. The molecule has 0 unspecified atom stereocenters. The second-order valence-electron chi connectivity index (χ2n) is 12.2. The molecule has 2 heterocycles. The minimum Gasteiger partial charge on any atom is -0.508 e. The number of hydrogen-bond donors (Lipinski definition) is 3. The molecule has 37 heavy (non-hydrogen) atoms. The first-order valence-electron chi connectivity index (χ1n) is 13.1. The number of phenolic OH excluding ortho intramolecular Hbond substituents is 1. The van der Waals surface area contributed by atoms with E-state index >= 15 is 0 Å². The Bertz CT molecular complexity index is 1220. The van der Waals surface area contributed by atoms with Crippen LogP contribution in [0, 0.1) is 22.7 Å². The minimum atomic E-state index is -1.30. The van der Waals surface area contributed by atoms with Gasteiger partial charge in [0.2, 0.25) is 0 Å². The average Bonchev–Trinajstić information content (AvgIpc) is 3.36. The number of carboxylic acid groups (broad SMARTS) is 2. The zero-order valence-electron chi connectivity index (χ0n) is 21.8. The van der Waals surface area contributed by atoms with Crippen LogP contribution in [0.1, 0.15) is 87.7 Å². The topological polar surface area (TPSA) is 141 Å². The molecule has 1 aromatic carbocycles. The molecule has 0 radical (unpaired) electrons. The van der Waals surface area contributed by atoms with Crippen molar-refractivity contribution in [2.24, 2.45) is 22.7 Å². The van der Waals surface area contributed by atoms with E-state index in [4.69, 9.17) is 9.84 Å². The van der Waals surface area contributed by atoms with Gasteiger partial charge in [0.1, 0.15) is 28.9 Å². The molecule has 0 bridgehead atoms. The van der Waals surface area contributed by atoms with Gasteiger partial charge < -0.3 is 25.0 Å². The number of carbonyl (C=O) groups is 4. The number of aliphatic carboxylic acids is 2. The first-order valence-corrected chi connectivity index (χ1v) is 13.1. The Hall–Kier alpha value is -3.10. The maximum Gasteiger partial charge on any atom is 0.326 e. The number of Topliss-reactive ketones (excluding diaryl/α,β-unsaturated/α-hetero) is 1. The number of fused-ring (bicyclic) bond motifs is 5. The van der Waals surface area contributed by atoms with Crippen LogP contribution >= 0.6 is 0 Å². The predicted octanol–water partition coefficient (Wildman–Crippen LogP) is 3.78. The summed E-state index contributed by atoms with van der Waals surface area (Å²) in [6, 6.07) is 0.0983. The van der Waals surface area contributed by atoms with Crippen LogP contribution in [-0.4, -0.2) is 55.5 Å². The molecule has 9 heteroatoms. The first kappa shape index (κ1) is 25.5. The minimum absolute atomic E-state index is 0.0258. The van der Waals surface area contributed by atoms with Gasteiger partial charge in [-0.25, -0.2) is 4.79 Å². The van der Waals surface area contributed by atoms with Crippen molar-refractivity contribution < 1.29 is 39.2 Å². The van der Waals surface area contributed by atoms with E-state index in [1.54, 1.807) is 0 Å². The fraction of sp³-hybridized carbons (Fsp3) is 0.643. The molecule has 2 aliphatic heterocycles. The van der Waals surface area contributed by atoms with Gasteiger partial charge in [-0.05, 0) is 43.6 Å². The molecule has 1 aromatic rings. The lowest BCUT2D eigenvalue weighted by Gasteiger charge is -2.62. The highest BCUT2D eigenvalue weighted by Crippen LogP contribution is 2.66. The summed E-state index contributed by atoms with van der Waals surface area (Å²) in [5, 5.41) is 29.9. The van der Waals surface area contributed by atoms with Crippen molar-refractivity contribution in [2.45, 2.75) is 90.8 Å². The molecule has 200 valence electrons. The third kappa shape index (κ3) is 3.42. The highest BCUT2D eigenvalue weighted by Gasteiger charge is 2.67. The van der Waals surface area contributed by atoms with Crippen LogP contribution < -0.4 is 4.74 Å². The summed E-state index contributed by atoms with van der Waals surface area (Å²) >= 11 is 0. The summed E-state index contributed by atoms with van der Waals surface area (Å²) in [4.78, 5) is 50.4. The van der Waals surface area contributed by atoms with Gasteiger partial charge in [0.05, 0.1) is 12.1 Å². The van der Waals surface area contributed by atoms with Crippen LogP contribution in [-0.2, 0) is 27.3 Å². The van der Waals surface area contributed by atoms with Crippen molar-refractivity contribution in [3.8, 4) is 11.5 Å². The third-order valence-corrected chi connectivity index (χ3v) is 10.2. The Morgan fingerprint density at radius 1 is 1.16 bits per heavy atom. The molecule has 4 aliphatic rings. The molecule has 3 N–H and O–H groups in total. The van der Waals surface area contributed by atoms with Crippen molar-refractivity contribution in [1.29, 1.82) is 0 Å². The predicted molar refractivity (Wildman–Crippen MR) is 131 cm³/mol. The maximum absolute atomic E-state index is 13.3. The van der Waals surface area contributed by atoms with Crippen LogP contribution in [0.2, 0.25) is 0 Å². The zero-order chi connectivity index (χ0) is 27.1. The Kier molecular flexibility index (Phi) is 5.66. The molecule has 5 atom stereocenters. The van der Waals surface area contributed by atoms with E-state index in [2.05, 4.69) is 13.8 Å². The van der Waals surface area contributed by atoms with E-state index in [1.165, 1.54) is 11.0 Å². The number of amides is 1. The largest absolute Gasteiger partial charge is 0.508 e. The van der Waals surface area contributed by atoms with Crippen LogP contribution in [0.3, 0.4) is 0 Å². The van der Waals surface area contributed by atoms with Crippen LogP contribution in [0.15, 0.2) is 6.07 Å². The number of ether oxygens (including phenoxy) is 1. The summed E-state index contributed by atoms with van der Waals surface area (Å²) in [5.41, 5.74) is -0.148. The van der Waals surface area contributed by atoms with Gasteiger partial charge in [-0.3, -0.25) is 14.4 Å². The van der Waals surface area contributed by atoms with Gasteiger partial charge >= 0.3 is 11.9 Å². The van der Waals surface area contributed by atoms with Crippen LogP contribution in [0.25, 0.3) is 0 Å². The van der Waals surface area contributed by atoms with Crippen molar-refractivity contribution in [2.75, 3.05) is 0 Å². The van der Waals surface area contributed by atoms with Crippen molar-refractivity contribution in [1.82, 2.24) is 4.90 Å². The highest BCUT2D eigenvalue weighted by atomic mass is 16.5. The Morgan fingerprint density at radius 2 is 1.86 bits per heavy atom. The number of carbonyl (C=O) groups excluding carboxylic acids is 2. The molecular formula is C28H35NO8.